The highest BCUT2D eigenvalue weighted by Gasteiger charge is 2.53. The molecule has 0 spiro atoms. The molecule has 2 aliphatic carbocycles. The largest absolute Gasteiger partial charge is 0.470 e. The number of rotatable bonds is 2. The third-order valence-corrected chi connectivity index (χ3v) is 12.3. The van der Waals surface area contributed by atoms with Crippen molar-refractivity contribution in [3.8, 4) is 22.6 Å². The van der Waals surface area contributed by atoms with Crippen LogP contribution in [0.1, 0.15) is 122 Å². The van der Waals surface area contributed by atoms with Crippen LogP contribution >= 0.6 is 11.3 Å². The Morgan fingerprint density at radius 2 is 1.57 bits per heavy atom. The smallest absolute Gasteiger partial charge is 0.302 e. The predicted molar refractivity (Wildman–Crippen MR) is 208 cm³/mol. The summed E-state index contributed by atoms with van der Waals surface area (Å²) in [5.74, 6) is 1.72. The van der Waals surface area contributed by atoms with Crippen LogP contribution < -0.4 is 26.2 Å². The van der Waals surface area contributed by atoms with Crippen LogP contribution in [0.4, 0.5) is 16.4 Å². The van der Waals surface area contributed by atoms with Crippen molar-refractivity contribution in [3.63, 3.8) is 0 Å². The first-order valence-corrected chi connectivity index (χ1v) is 18.2. The van der Waals surface area contributed by atoms with Gasteiger partial charge in [-0.3, -0.25) is 0 Å². The van der Waals surface area contributed by atoms with Gasteiger partial charge in [0.25, 0.3) is 0 Å². The van der Waals surface area contributed by atoms with Crippen molar-refractivity contribution in [3.05, 3.63) is 93.3 Å². The van der Waals surface area contributed by atoms with E-state index in [1.807, 2.05) is 20.8 Å². The van der Waals surface area contributed by atoms with E-state index in [1.54, 1.807) is 11.8 Å². The summed E-state index contributed by atoms with van der Waals surface area (Å²) in [6.07, 6.45) is 3.28. The molecule has 3 nitrogen and oxygen atoms in total. The molecule has 250 valence electrons. The molecule has 0 saturated heterocycles. The van der Waals surface area contributed by atoms with Crippen LogP contribution in [0, 0.1) is 12.3 Å². The highest BCUT2D eigenvalue weighted by molar-refractivity contribution is 7.20. The molecular weight excluding hydrogens is 617 g/mol. The van der Waals surface area contributed by atoms with E-state index in [0.717, 1.165) is 52.9 Å². The fourth-order valence-electron chi connectivity index (χ4n) is 8.40. The molecule has 9 rings (SSSR count). The molecule has 2 aliphatic heterocycles. The summed E-state index contributed by atoms with van der Waals surface area (Å²) in [6.45, 7) is 19.7. The molecule has 0 saturated carbocycles. The van der Waals surface area contributed by atoms with Crippen LogP contribution in [0.15, 0.2) is 64.8 Å². The fraction of sp³-hybridized carbons (Fsp3) is 0.409. The molecule has 49 heavy (non-hydrogen) atoms. The number of anilines is 3. The minimum absolute atomic E-state index is 0.0247. The molecule has 4 heterocycles. The van der Waals surface area contributed by atoms with Gasteiger partial charge in [-0.15, -0.1) is 11.3 Å². The lowest BCUT2D eigenvalue weighted by Gasteiger charge is -2.39. The van der Waals surface area contributed by atoms with Gasteiger partial charge >= 0.3 is 6.71 Å². The number of benzene rings is 3. The molecule has 0 atom stereocenters. The fourth-order valence-corrected chi connectivity index (χ4v) is 10.0. The Hall–Kier alpha value is -3.70. The van der Waals surface area contributed by atoms with E-state index in [0.29, 0.717) is 27.4 Å². The first-order chi connectivity index (χ1) is 27.2. The molecular formula is C44H48BNO2S. The summed E-state index contributed by atoms with van der Waals surface area (Å²) in [4.78, 5) is 2.80. The second-order valence-electron chi connectivity index (χ2n) is 17.6. The summed E-state index contributed by atoms with van der Waals surface area (Å²) in [5.41, 5.74) is 2.89. The Balaban J connectivity index is 1.45. The maximum Gasteiger partial charge on any atom is 0.302 e. The number of furan rings is 1. The standard InChI is InChI=1S/C44H48BNO2S/c1-25-21-31-36-32(22-25)47-37-34-38(44(9,10)20-19-43(34,7)8)48-39(37)45(36)35-29-23-42(5,6)24-33(29)49-40(35)46(31)30-14-12-11-13-28(30)26-15-17-27(18-16-26)41(2,3)4/h11-18,21-22H,19-20,23-24H2,1-10H3/i11D,12D,13D,14D,15D,16D,17D,18D,21D,22D. The Morgan fingerprint density at radius 3 is 2.31 bits per heavy atom. The van der Waals surface area contributed by atoms with E-state index in [1.165, 1.54) is 11.3 Å². The zero-order valence-corrected chi connectivity index (χ0v) is 30.9. The average Bonchev–Trinajstić information content (AvgIpc) is 3.80. The molecule has 0 N–H and O–H groups in total. The van der Waals surface area contributed by atoms with Crippen LogP contribution in [0.5, 0.6) is 11.5 Å². The van der Waals surface area contributed by atoms with Crippen molar-refractivity contribution >= 4 is 51.0 Å². The van der Waals surface area contributed by atoms with Crippen molar-refractivity contribution in [2.45, 2.75) is 111 Å². The minimum atomic E-state index is -0.762. The van der Waals surface area contributed by atoms with Crippen molar-refractivity contribution in [2.24, 2.45) is 5.41 Å². The highest BCUT2D eigenvalue weighted by atomic mass is 32.1. The molecule has 0 amide bonds. The van der Waals surface area contributed by atoms with Gasteiger partial charge in [0.2, 0.25) is 0 Å². The lowest BCUT2D eigenvalue weighted by atomic mass is 9.36. The van der Waals surface area contributed by atoms with Gasteiger partial charge in [0.05, 0.1) is 24.4 Å². The normalized spacial score (nSPS) is 21.9. The van der Waals surface area contributed by atoms with Gasteiger partial charge in [-0.05, 0) is 94.7 Å². The van der Waals surface area contributed by atoms with Crippen LogP contribution in [0.25, 0.3) is 11.1 Å². The van der Waals surface area contributed by atoms with Gasteiger partial charge < -0.3 is 14.1 Å². The Labute approximate surface area is 310 Å². The van der Waals surface area contributed by atoms with E-state index in [9.17, 15) is 8.22 Å². The average molecular weight is 676 g/mol. The summed E-state index contributed by atoms with van der Waals surface area (Å²) < 4.78 is 107. The Morgan fingerprint density at radius 1 is 0.857 bits per heavy atom. The number of hydrogen-bond acceptors (Lipinski definition) is 4. The third kappa shape index (κ3) is 4.53. The molecule has 5 aromatic rings. The number of ether oxygens (including phenoxy) is 1. The summed E-state index contributed by atoms with van der Waals surface area (Å²) in [6, 6.07) is -3.48. The molecule has 0 bridgehead atoms. The van der Waals surface area contributed by atoms with Crippen molar-refractivity contribution < 1.29 is 22.9 Å². The maximum absolute atomic E-state index is 9.82. The van der Waals surface area contributed by atoms with Gasteiger partial charge in [-0.2, -0.15) is 0 Å². The number of hydrogen-bond donors (Lipinski definition) is 0. The molecule has 0 radical (unpaired) electrons. The van der Waals surface area contributed by atoms with Gasteiger partial charge in [0.15, 0.2) is 5.75 Å². The second-order valence-corrected chi connectivity index (χ2v) is 18.7. The second kappa shape index (κ2) is 9.97. The van der Waals surface area contributed by atoms with Gasteiger partial charge in [-0.25, -0.2) is 0 Å². The summed E-state index contributed by atoms with van der Waals surface area (Å²) in [7, 11) is 0. The zero-order valence-electron chi connectivity index (χ0n) is 40.1. The lowest BCUT2D eigenvalue weighted by molar-refractivity contribution is 0.280. The van der Waals surface area contributed by atoms with E-state index in [-0.39, 0.29) is 74.2 Å². The number of thiophene rings is 1. The Kier molecular flexibility index (Phi) is 4.51. The van der Waals surface area contributed by atoms with E-state index < -0.39 is 48.4 Å². The summed E-state index contributed by atoms with van der Waals surface area (Å²) in [5, 5.41) is 0.633. The summed E-state index contributed by atoms with van der Waals surface area (Å²) >= 11 is 1.51. The van der Waals surface area contributed by atoms with Crippen LogP contribution in [0.3, 0.4) is 0 Å². The molecule has 2 aromatic heterocycles. The highest BCUT2D eigenvalue weighted by Crippen LogP contribution is 2.55. The van der Waals surface area contributed by atoms with E-state index in [2.05, 4.69) is 41.5 Å². The van der Waals surface area contributed by atoms with Crippen molar-refractivity contribution in [1.82, 2.24) is 0 Å². The minimum Gasteiger partial charge on any atom is -0.470 e. The first-order valence-electron chi connectivity index (χ1n) is 22.4. The lowest BCUT2D eigenvalue weighted by Crippen LogP contribution is -2.59. The monoisotopic (exact) mass is 675 g/mol. The zero-order chi connectivity index (χ0) is 43.1. The Bertz CT molecular complexity index is 2730. The van der Waals surface area contributed by atoms with Crippen molar-refractivity contribution in [1.29, 1.82) is 0 Å². The molecule has 0 fully saturated rings. The molecule has 0 unspecified atom stereocenters. The SMILES string of the molecule is [2H]c1c([2H])c([2H])c(N2c3sc4c(c3B3c5oc6c(c5Oc5c([2H])c(C)c([2H])c2c53)C(C)(C)CCC6(C)C)CC(C)(C)C4)c(-c2c([2H])c([2H])c(C(C)(C)C)c([2H])c2[2H])c1[2H]. The van der Waals surface area contributed by atoms with E-state index >= 15 is 0 Å². The quantitative estimate of drug-likeness (QED) is 0.171. The van der Waals surface area contributed by atoms with Crippen molar-refractivity contribution in [2.75, 3.05) is 4.90 Å². The number of para-hydroxylation sites is 1. The van der Waals surface area contributed by atoms with Crippen LogP contribution in [-0.2, 0) is 29.1 Å². The van der Waals surface area contributed by atoms with Gasteiger partial charge in [0.1, 0.15) is 17.2 Å². The van der Waals surface area contributed by atoms with Crippen LogP contribution in [-0.4, -0.2) is 6.71 Å². The number of nitrogens with zero attached hydrogens (tertiary/aromatic N) is 1. The molecule has 5 heteroatoms. The first kappa shape index (κ1) is 22.2. The maximum atomic E-state index is 9.82. The van der Waals surface area contributed by atoms with Crippen LogP contribution in [0.2, 0.25) is 0 Å². The van der Waals surface area contributed by atoms with Gasteiger partial charge in [-0.1, -0.05) is 105 Å². The van der Waals surface area contributed by atoms with Gasteiger partial charge in [0, 0.05) is 32.6 Å². The predicted octanol–water partition coefficient (Wildman–Crippen LogP) is 10.5. The molecule has 4 aliphatic rings. The van der Waals surface area contributed by atoms with E-state index in [4.69, 9.17) is 14.6 Å². The number of fused-ring (bicyclic) bond motifs is 8. The third-order valence-electron chi connectivity index (χ3n) is 11.1. The topological polar surface area (TPSA) is 25.6 Å². The molecule has 3 aromatic carbocycles.